The van der Waals surface area contributed by atoms with Crippen molar-refractivity contribution in [3.05, 3.63) is 24.2 Å². The molecule has 124 valence electrons. The number of methoxy groups -OCH3 is 1. The molecule has 0 aliphatic carbocycles. The normalized spacial score (nSPS) is 33.1. The molecule has 8 heteroatoms. The summed E-state index contributed by atoms with van der Waals surface area (Å²) in [6, 6.07) is 2.07. The highest BCUT2D eigenvalue weighted by Gasteiger charge is 2.58. The molecule has 1 N–H and O–H groups in total. The lowest BCUT2D eigenvalue weighted by atomic mass is 9.81. The maximum Gasteiger partial charge on any atom is 0.323 e. The molecule has 2 fully saturated rings. The van der Waals surface area contributed by atoms with Crippen LogP contribution in [-0.4, -0.2) is 43.8 Å². The minimum atomic E-state index is -0.994. The Kier molecular flexibility index (Phi) is 4.18. The molecule has 0 spiro atoms. The SMILES string of the molecule is COC(=O)[C@H]1N[C@@H](c2ccco2)[C@H]2C(=O)CO[C@H](OC(C)=O)[C@H]21. The van der Waals surface area contributed by atoms with Gasteiger partial charge >= 0.3 is 11.9 Å². The van der Waals surface area contributed by atoms with Gasteiger partial charge in [0.1, 0.15) is 18.4 Å². The van der Waals surface area contributed by atoms with E-state index in [0.717, 1.165) is 0 Å². The van der Waals surface area contributed by atoms with E-state index < -0.39 is 42.1 Å². The molecule has 3 rings (SSSR count). The second-order valence-corrected chi connectivity index (χ2v) is 5.52. The molecule has 1 aromatic rings. The largest absolute Gasteiger partial charge is 0.468 e. The van der Waals surface area contributed by atoms with Crippen molar-refractivity contribution in [3.63, 3.8) is 0 Å². The summed E-state index contributed by atoms with van der Waals surface area (Å²) in [6.07, 6.45) is 0.497. The van der Waals surface area contributed by atoms with Crippen LogP contribution in [-0.2, 0) is 28.6 Å². The number of ketones is 1. The van der Waals surface area contributed by atoms with Gasteiger partial charge in [-0.05, 0) is 12.1 Å². The van der Waals surface area contributed by atoms with Crippen LogP contribution in [0.25, 0.3) is 0 Å². The van der Waals surface area contributed by atoms with Crippen molar-refractivity contribution >= 4 is 17.7 Å². The molecule has 0 bridgehead atoms. The summed E-state index contributed by atoms with van der Waals surface area (Å²) in [5.74, 6) is -2.04. The average Bonchev–Trinajstić information content (AvgIpc) is 3.16. The quantitative estimate of drug-likeness (QED) is 0.786. The van der Waals surface area contributed by atoms with Gasteiger partial charge in [0.2, 0.25) is 6.29 Å². The number of furan rings is 1. The van der Waals surface area contributed by atoms with Crippen LogP contribution in [0.4, 0.5) is 0 Å². The van der Waals surface area contributed by atoms with E-state index in [0.29, 0.717) is 5.76 Å². The lowest BCUT2D eigenvalue weighted by molar-refractivity contribution is -0.209. The number of hydrogen-bond donors (Lipinski definition) is 1. The van der Waals surface area contributed by atoms with Crippen LogP contribution >= 0.6 is 0 Å². The van der Waals surface area contributed by atoms with Crippen LogP contribution in [0.1, 0.15) is 18.7 Å². The summed E-state index contributed by atoms with van der Waals surface area (Å²) in [5.41, 5.74) is 0. The zero-order valence-corrected chi connectivity index (χ0v) is 12.7. The van der Waals surface area contributed by atoms with E-state index in [2.05, 4.69) is 5.32 Å². The third kappa shape index (κ3) is 2.75. The predicted molar refractivity (Wildman–Crippen MR) is 73.9 cm³/mol. The van der Waals surface area contributed by atoms with E-state index in [4.69, 9.17) is 18.6 Å². The first-order valence-corrected chi connectivity index (χ1v) is 7.21. The van der Waals surface area contributed by atoms with Crippen molar-refractivity contribution < 1.29 is 33.0 Å². The van der Waals surface area contributed by atoms with Gasteiger partial charge in [0.15, 0.2) is 5.78 Å². The van der Waals surface area contributed by atoms with E-state index in [9.17, 15) is 14.4 Å². The number of Topliss-reactive ketones (excluding diaryl/α,β-unsaturated/α-hetero) is 1. The molecule has 0 saturated carbocycles. The highest BCUT2D eigenvalue weighted by atomic mass is 16.7. The first kappa shape index (κ1) is 15.7. The Bertz CT molecular complexity index is 611. The molecular formula is C15H17NO7. The Balaban J connectivity index is 1.97. The highest BCUT2D eigenvalue weighted by molar-refractivity contribution is 5.87. The molecule has 1 aromatic heterocycles. The third-order valence-electron chi connectivity index (χ3n) is 4.18. The van der Waals surface area contributed by atoms with Crippen LogP contribution in [0, 0.1) is 11.8 Å². The molecule has 0 unspecified atom stereocenters. The first-order valence-electron chi connectivity index (χ1n) is 7.21. The summed E-state index contributed by atoms with van der Waals surface area (Å²) < 4.78 is 20.7. The van der Waals surface area contributed by atoms with Crippen molar-refractivity contribution in [3.8, 4) is 0 Å². The van der Waals surface area contributed by atoms with Gasteiger partial charge in [0, 0.05) is 6.92 Å². The van der Waals surface area contributed by atoms with Gasteiger partial charge in [-0.25, -0.2) is 0 Å². The number of ether oxygens (including phenoxy) is 3. The van der Waals surface area contributed by atoms with Crippen LogP contribution in [0.5, 0.6) is 0 Å². The highest BCUT2D eigenvalue weighted by Crippen LogP contribution is 2.43. The lowest BCUT2D eigenvalue weighted by Crippen LogP contribution is -2.49. The van der Waals surface area contributed by atoms with E-state index in [1.807, 2.05) is 0 Å². The van der Waals surface area contributed by atoms with Crippen molar-refractivity contribution in [2.45, 2.75) is 25.3 Å². The number of nitrogens with one attached hydrogen (secondary N) is 1. The predicted octanol–water partition coefficient (Wildman–Crippen LogP) is 0.186. The van der Waals surface area contributed by atoms with Crippen LogP contribution < -0.4 is 5.32 Å². The molecule has 0 amide bonds. The maximum absolute atomic E-state index is 12.4. The Morgan fingerprint density at radius 3 is 2.78 bits per heavy atom. The zero-order valence-electron chi connectivity index (χ0n) is 12.7. The van der Waals surface area contributed by atoms with Crippen LogP contribution in [0.3, 0.4) is 0 Å². The van der Waals surface area contributed by atoms with Crippen molar-refractivity contribution in [2.75, 3.05) is 13.7 Å². The molecule has 0 radical (unpaired) electrons. The van der Waals surface area contributed by atoms with E-state index in [-0.39, 0.29) is 12.4 Å². The van der Waals surface area contributed by atoms with Gasteiger partial charge in [-0.2, -0.15) is 0 Å². The van der Waals surface area contributed by atoms with E-state index >= 15 is 0 Å². The molecule has 2 aliphatic heterocycles. The molecule has 0 aromatic carbocycles. The van der Waals surface area contributed by atoms with E-state index in [1.165, 1.54) is 20.3 Å². The number of rotatable bonds is 3. The molecule has 5 atom stereocenters. The Labute approximate surface area is 132 Å². The summed E-state index contributed by atoms with van der Waals surface area (Å²) in [6.45, 7) is 1.06. The van der Waals surface area contributed by atoms with E-state index in [1.54, 1.807) is 12.1 Å². The summed E-state index contributed by atoms with van der Waals surface area (Å²) in [5, 5.41) is 3.06. The minimum Gasteiger partial charge on any atom is -0.468 e. The van der Waals surface area contributed by atoms with Gasteiger partial charge < -0.3 is 18.6 Å². The van der Waals surface area contributed by atoms with Crippen molar-refractivity contribution in [1.82, 2.24) is 5.32 Å². The van der Waals surface area contributed by atoms with Crippen LogP contribution in [0.15, 0.2) is 22.8 Å². The molecular weight excluding hydrogens is 306 g/mol. The zero-order chi connectivity index (χ0) is 16.6. The molecule has 8 nitrogen and oxygen atoms in total. The molecule has 23 heavy (non-hydrogen) atoms. The minimum absolute atomic E-state index is 0.182. The molecule has 2 aliphatic rings. The van der Waals surface area contributed by atoms with Gasteiger partial charge in [0.25, 0.3) is 0 Å². The number of hydrogen-bond acceptors (Lipinski definition) is 8. The monoisotopic (exact) mass is 323 g/mol. The number of carbonyl (C=O) groups excluding carboxylic acids is 3. The van der Waals surface area contributed by atoms with Crippen molar-refractivity contribution in [1.29, 1.82) is 0 Å². The maximum atomic E-state index is 12.4. The Morgan fingerprint density at radius 2 is 2.17 bits per heavy atom. The summed E-state index contributed by atoms with van der Waals surface area (Å²) in [4.78, 5) is 35.8. The number of fused-ring (bicyclic) bond motifs is 1. The van der Waals surface area contributed by atoms with Gasteiger partial charge in [-0.3, -0.25) is 19.7 Å². The number of esters is 2. The van der Waals surface area contributed by atoms with Gasteiger partial charge in [-0.15, -0.1) is 0 Å². The summed E-state index contributed by atoms with van der Waals surface area (Å²) >= 11 is 0. The molecule has 2 saturated heterocycles. The van der Waals surface area contributed by atoms with Gasteiger partial charge in [0.05, 0.1) is 31.3 Å². The fraction of sp³-hybridized carbons (Fsp3) is 0.533. The van der Waals surface area contributed by atoms with Crippen LogP contribution in [0.2, 0.25) is 0 Å². The smallest absolute Gasteiger partial charge is 0.323 e. The Hall–Kier alpha value is -2.19. The lowest BCUT2D eigenvalue weighted by Gasteiger charge is -2.34. The average molecular weight is 323 g/mol. The van der Waals surface area contributed by atoms with Crippen molar-refractivity contribution in [2.24, 2.45) is 11.8 Å². The fourth-order valence-corrected chi connectivity index (χ4v) is 3.29. The second-order valence-electron chi connectivity index (χ2n) is 5.52. The standard InChI is InChI=1S/C15H17NO7/c1-7(17)23-15-11-10(8(18)6-22-15)12(9-4-3-5-21-9)16-13(11)14(19)20-2/h3-5,10-13,15-16H,6H2,1-2H3/t10-,11+,12-,13-,15+/m0/s1. The topological polar surface area (TPSA) is 104 Å². The number of carbonyl (C=O) groups is 3. The Morgan fingerprint density at radius 1 is 1.39 bits per heavy atom. The van der Waals surface area contributed by atoms with Gasteiger partial charge in [-0.1, -0.05) is 0 Å². The second kappa shape index (κ2) is 6.13. The molecule has 3 heterocycles. The summed E-state index contributed by atoms with van der Waals surface area (Å²) in [7, 11) is 1.26. The third-order valence-corrected chi connectivity index (χ3v) is 4.18. The fourth-order valence-electron chi connectivity index (χ4n) is 3.29. The first-order chi connectivity index (χ1) is 11.0.